The third-order valence-corrected chi connectivity index (χ3v) is 1.67. The SMILES string of the molecule is C=CCN(CC=C)C(=O)N/C=C/C(C)C. The van der Waals surface area contributed by atoms with E-state index in [9.17, 15) is 4.79 Å². The van der Waals surface area contributed by atoms with Crippen LogP contribution in [0, 0.1) is 5.92 Å². The van der Waals surface area contributed by atoms with Crippen molar-refractivity contribution in [2.24, 2.45) is 5.92 Å². The molecule has 15 heavy (non-hydrogen) atoms. The van der Waals surface area contributed by atoms with Gasteiger partial charge in [-0.25, -0.2) is 4.79 Å². The zero-order valence-electron chi connectivity index (χ0n) is 9.57. The molecule has 0 aromatic heterocycles. The van der Waals surface area contributed by atoms with Gasteiger partial charge in [0.2, 0.25) is 0 Å². The molecule has 0 heterocycles. The van der Waals surface area contributed by atoms with Gasteiger partial charge in [0.25, 0.3) is 0 Å². The van der Waals surface area contributed by atoms with Crippen molar-refractivity contribution < 1.29 is 4.79 Å². The Bertz CT molecular complexity index is 234. The monoisotopic (exact) mass is 208 g/mol. The number of nitrogens with one attached hydrogen (secondary N) is 1. The molecule has 0 aromatic rings. The first kappa shape index (κ1) is 13.5. The van der Waals surface area contributed by atoms with Gasteiger partial charge in [0, 0.05) is 19.3 Å². The Morgan fingerprint density at radius 1 is 1.33 bits per heavy atom. The van der Waals surface area contributed by atoms with Crippen molar-refractivity contribution in [2.45, 2.75) is 13.8 Å². The van der Waals surface area contributed by atoms with E-state index < -0.39 is 0 Å². The lowest BCUT2D eigenvalue weighted by Crippen LogP contribution is -2.37. The minimum Gasteiger partial charge on any atom is -0.317 e. The van der Waals surface area contributed by atoms with E-state index >= 15 is 0 Å². The van der Waals surface area contributed by atoms with E-state index in [-0.39, 0.29) is 6.03 Å². The maximum Gasteiger partial charge on any atom is 0.321 e. The summed E-state index contributed by atoms with van der Waals surface area (Å²) in [6, 6.07) is -0.133. The fourth-order valence-electron chi connectivity index (χ4n) is 0.955. The van der Waals surface area contributed by atoms with Crippen LogP contribution in [0.15, 0.2) is 37.6 Å². The molecule has 1 N–H and O–H groups in total. The standard InChI is InChI=1S/C12H20N2O/c1-5-9-14(10-6-2)12(15)13-8-7-11(3)4/h5-8,11H,1-2,9-10H2,3-4H3,(H,13,15)/b8-7+. The summed E-state index contributed by atoms with van der Waals surface area (Å²) in [5.41, 5.74) is 0. The Hall–Kier alpha value is -1.51. The lowest BCUT2D eigenvalue weighted by Gasteiger charge is -2.18. The van der Waals surface area contributed by atoms with Gasteiger partial charge in [0.1, 0.15) is 0 Å². The van der Waals surface area contributed by atoms with Gasteiger partial charge in [-0.3, -0.25) is 0 Å². The summed E-state index contributed by atoms with van der Waals surface area (Å²) >= 11 is 0. The average molecular weight is 208 g/mol. The van der Waals surface area contributed by atoms with Crippen LogP contribution in [0.25, 0.3) is 0 Å². The predicted molar refractivity (Wildman–Crippen MR) is 64.5 cm³/mol. The van der Waals surface area contributed by atoms with Gasteiger partial charge in [0.05, 0.1) is 0 Å². The van der Waals surface area contributed by atoms with Gasteiger partial charge < -0.3 is 10.2 Å². The van der Waals surface area contributed by atoms with Crippen molar-refractivity contribution in [1.82, 2.24) is 10.2 Å². The minimum atomic E-state index is -0.133. The van der Waals surface area contributed by atoms with Crippen molar-refractivity contribution in [3.63, 3.8) is 0 Å². The quantitative estimate of drug-likeness (QED) is 0.668. The summed E-state index contributed by atoms with van der Waals surface area (Å²) < 4.78 is 0. The number of carbonyl (C=O) groups excluding carboxylic acids is 1. The number of hydrogen-bond acceptors (Lipinski definition) is 1. The summed E-state index contributed by atoms with van der Waals surface area (Å²) in [7, 11) is 0. The molecule has 0 aromatic carbocycles. The third-order valence-electron chi connectivity index (χ3n) is 1.67. The molecule has 0 saturated carbocycles. The van der Waals surface area contributed by atoms with Crippen LogP contribution in [0.3, 0.4) is 0 Å². The first-order valence-electron chi connectivity index (χ1n) is 5.05. The Morgan fingerprint density at radius 2 is 1.87 bits per heavy atom. The lowest BCUT2D eigenvalue weighted by molar-refractivity contribution is 0.212. The van der Waals surface area contributed by atoms with E-state index in [0.29, 0.717) is 19.0 Å². The van der Waals surface area contributed by atoms with Crippen LogP contribution in [-0.2, 0) is 0 Å². The summed E-state index contributed by atoms with van der Waals surface area (Å²) in [6.45, 7) is 12.3. The molecular formula is C12H20N2O. The fourth-order valence-corrected chi connectivity index (χ4v) is 0.955. The summed E-state index contributed by atoms with van der Waals surface area (Å²) in [6.07, 6.45) is 6.98. The first-order chi connectivity index (χ1) is 7.11. The number of urea groups is 1. The van der Waals surface area contributed by atoms with Crippen LogP contribution in [0.1, 0.15) is 13.8 Å². The summed E-state index contributed by atoms with van der Waals surface area (Å²) in [5, 5.41) is 2.69. The average Bonchev–Trinajstić information content (AvgIpc) is 2.16. The fraction of sp³-hybridized carbons (Fsp3) is 0.417. The Kier molecular flexibility index (Phi) is 7.06. The number of amides is 2. The Labute approximate surface area is 92.2 Å². The molecule has 0 aliphatic rings. The summed E-state index contributed by atoms with van der Waals surface area (Å²) in [4.78, 5) is 13.2. The number of carbonyl (C=O) groups is 1. The van der Waals surface area contributed by atoms with Crippen molar-refractivity contribution >= 4 is 6.03 Å². The highest BCUT2D eigenvalue weighted by atomic mass is 16.2. The molecule has 0 rings (SSSR count). The van der Waals surface area contributed by atoms with Crippen LogP contribution in [0.2, 0.25) is 0 Å². The molecule has 0 aliphatic heterocycles. The zero-order chi connectivity index (χ0) is 11.7. The molecule has 0 fully saturated rings. The molecule has 2 amide bonds. The van der Waals surface area contributed by atoms with Gasteiger partial charge in [-0.05, 0) is 5.92 Å². The van der Waals surface area contributed by atoms with Crippen LogP contribution in [0.5, 0.6) is 0 Å². The Balaban J connectivity index is 4.12. The van der Waals surface area contributed by atoms with E-state index in [1.165, 1.54) is 0 Å². The van der Waals surface area contributed by atoms with Crippen LogP contribution in [-0.4, -0.2) is 24.0 Å². The van der Waals surface area contributed by atoms with Gasteiger partial charge in [-0.2, -0.15) is 0 Å². The number of rotatable bonds is 6. The second kappa shape index (κ2) is 7.85. The third kappa shape index (κ3) is 6.55. The van der Waals surface area contributed by atoms with E-state index in [1.807, 2.05) is 19.9 Å². The maximum absolute atomic E-state index is 11.6. The van der Waals surface area contributed by atoms with Crippen molar-refractivity contribution in [1.29, 1.82) is 0 Å². The molecule has 3 nitrogen and oxygen atoms in total. The molecular weight excluding hydrogens is 188 g/mol. The Morgan fingerprint density at radius 3 is 2.27 bits per heavy atom. The molecule has 0 saturated heterocycles. The number of allylic oxidation sites excluding steroid dienone is 1. The normalized spacial score (nSPS) is 10.3. The van der Waals surface area contributed by atoms with Crippen LogP contribution < -0.4 is 5.32 Å². The molecule has 0 unspecified atom stereocenters. The van der Waals surface area contributed by atoms with Gasteiger partial charge in [0.15, 0.2) is 0 Å². The molecule has 84 valence electrons. The highest BCUT2D eigenvalue weighted by Crippen LogP contribution is 1.93. The van der Waals surface area contributed by atoms with Crippen molar-refractivity contribution in [3.8, 4) is 0 Å². The second-order valence-corrected chi connectivity index (χ2v) is 3.53. The minimum absolute atomic E-state index is 0.133. The molecule has 3 heteroatoms. The van der Waals surface area contributed by atoms with Crippen LogP contribution in [0.4, 0.5) is 4.79 Å². The molecule has 0 spiro atoms. The predicted octanol–water partition coefficient (Wildman–Crippen LogP) is 2.54. The number of nitrogens with zero attached hydrogens (tertiary/aromatic N) is 1. The van der Waals surface area contributed by atoms with Crippen molar-refractivity contribution in [2.75, 3.05) is 13.1 Å². The smallest absolute Gasteiger partial charge is 0.317 e. The van der Waals surface area contributed by atoms with Gasteiger partial charge in [-0.1, -0.05) is 32.1 Å². The largest absolute Gasteiger partial charge is 0.321 e. The summed E-state index contributed by atoms with van der Waals surface area (Å²) in [5.74, 6) is 0.428. The van der Waals surface area contributed by atoms with E-state index in [1.54, 1.807) is 23.3 Å². The lowest BCUT2D eigenvalue weighted by atomic mass is 10.2. The molecule has 0 aliphatic carbocycles. The van der Waals surface area contributed by atoms with E-state index in [4.69, 9.17) is 0 Å². The number of hydrogen-bond donors (Lipinski definition) is 1. The maximum atomic E-state index is 11.6. The zero-order valence-corrected chi connectivity index (χ0v) is 9.57. The second-order valence-electron chi connectivity index (χ2n) is 3.53. The molecule has 0 bridgehead atoms. The van der Waals surface area contributed by atoms with Gasteiger partial charge >= 0.3 is 6.03 Å². The van der Waals surface area contributed by atoms with Gasteiger partial charge in [-0.15, -0.1) is 13.2 Å². The van der Waals surface area contributed by atoms with Crippen molar-refractivity contribution in [3.05, 3.63) is 37.6 Å². The van der Waals surface area contributed by atoms with Crippen LogP contribution >= 0.6 is 0 Å². The molecule has 0 atom stereocenters. The highest BCUT2D eigenvalue weighted by molar-refractivity contribution is 5.75. The molecule has 0 radical (unpaired) electrons. The van der Waals surface area contributed by atoms with E-state index in [2.05, 4.69) is 18.5 Å². The van der Waals surface area contributed by atoms with E-state index in [0.717, 1.165) is 0 Å². The highest BCUT2D eigenvalue weighted by Gasteiger charge is 2.07. The topological polar surface area (TPSA) is 32.3 Å². The first-order valence-corrected chi connectivity index (χ1v) is 5.05.